The van der Waals surface area contributed by atoms with Gasteiger partial charge in [0.15, 0.2) is 5.96 Å². The van der Waals surface area contributed by atoms with Crippen LogP contribution >= 0.6 is 0 Å². The van der Waals surface area contributed by atoms with Crippen LogP contribution in [0.25, 0.3) is 0 Å². The van der Waals surface area contributed by atoms with Crippen LogP contribution in [0.3, 0.4) is 0 Å². The van der Waals surface area contributed by atoms with Gasteiger partial charge in [-0.1, -0.05) is 126 Å². The number of nitrogens with two attached hydrogens (primary N) is 2. The van der Waals surface area contributed by atoms with Crippen LogP contribution in [-0.2, 0) is 52.7 Å². The first-order valence-electron chi connectivity index (χ1n) is 30.2. The van der Waals surface area contributed by atoms with Crippen molar-refractivity contribution in [3.05, 3.63) is 35.9 Å². The molecule has 11 amide bonds. The zero-order valence-electron chi connectivity index (χ0n) is 53.6. The van der Waals surface area contributed by atoms with Gasteiger partial charge in [0.25, 0.3) is 0 Å². The molecule has 0 spiro atoms. The Morgan fingerprint density at radius 2 is 1.09 bits per heavy atom. The van der Waals surface area contributed by atoms with Crippen molar-refractivity contribution in [2.24, 2.45) is 40.1 Å². The fourth-order valence-electron chi connectivity index (χ4n) is 9.41. The molecule has 1 aromatic carbocycles. The fourth-order valence-corrected chi connectivity index (χ4v) is 9.41. The highest BCUT2D eigenvalue weighted by Crippen LogP contribution is 2.25. The third-order valence-corrected chi connectivity index (χ3v) is 14.9. The van der Waals surface area contributed by atoms with E-state index in [2.05, 4.69) is 63.8 Å². The van der Waals surface area contributed by atoms with Gasteiger partial charge in [-0.15, -0.1) is 0 Å². The van der Waals surface area contributed by atoms with E-state index in [1.807, 2.05) is 20.8 Å². The SMILES string of the molecule is CC[C@H](C)[C@@H]1NC(=O)[C@H]([C@H](O)C(C)C)NC(=O)[C@@H](NC(=O)[C@H](CC(C)(C)C)NC(=O)[C@H](N)CC(C)(C)C)[C@@H](c2ccccc2)NC(=O)C(CO)NC(=O)[C@H](CO)NC(=O)CNC(=O)[C@H]([C@H](C)O)NC(=O)[C@H]([C@@H](C)CC)NC(=O)[C@@H](CCCNC(=N)N)NC1=O. The first kappa shape index (κ1) is 77.6. The first-order valence-corrected chi connectivity index (χ1v) is 30.2. The van der Waals surface area contributed by atoms with Gasteiger partial charge >= 0.3 is 0 Å². The Kier molecular flexibility index (Phi) is 31.5. The van der Waals surface area contributed by atoms with Gasteiger partial charge in [-0.2, -0.15) is 0 Å². The quantitative estimate of drug-likeness (QED) is 0.0339. The van der Waals surface area contributed by atoms with E-state index in [1.54, 1.807) is 54.5 Å². The molecular formula is C59H101N15O15. The fraction of sp³-hybridized carbons (Fsp3) is 0.695. The molecule has 30 nitrogen and oxygen atoms in total. The lowest BCUT2D eigenvalue weighted by molar-refractivity contribution is -0.139. The minimum Gasteiger partial charge on any atom is -0.394 e. The highest BCUT2D eigenvalue weighted by atomic mass is 16.3. The van der Waals surface area contributed by atoms with Gasteiger partial charge in [0.1, 0.15) is 54.4 Å². The molecule has 15 atom stereocenters. The molecule has 89 heavy (non-hydrogen) atoms. The minimum absolute atomic E-state index is 0.0388. The number of hydrogen-bond acceptors (Lipinski definition) is 17. The number of carbonyl (C=O) groups excluding carboxylic acids is 11. The molecule has 1 saturated heterocycles. The van der Waals surface area contributed by atoms with Crippen LogP contribution in [0, 0.1) is 34.0 Å². The molecule has 0 bridgehead atoms. The molecule has 0 aromatic heterocycles. The van der Waals surface area contributed by atoms with E-state index >= 15 is 4.79 Å². The average molecular weight is 1260 g/mol. The summed E-state index contributed by atoms with van der Waals surface area (Å²) in [6.45, 7) is 18.6. The molecule has 0 radical (unpaired) electrons. The van der Waals surface area contributed by atoms with Crippen molar-refractivity contribution in [1.29, 1.82) is 5.41 Å². The molecule has 1 heterocycles. The number of hydrogen-bond donors (Lipinski definition) is 19. The molecule has 1 fully saturated rings. The van der Waals surface area contributed by atoms with Crippen molar-refractivity contribution in [3.63, 3.8) is 0 Å². The van der Waals surface area contributed by atoms with Crippen LogP contribution in [0.15, 0.2) is 30.3 Å². The normalized spacial score (nSPS) is 25.1. The van der Waals surface area contributed by atoms with Gasteiger partial charge in [0, 0.05) is 6.54 Å². The van der Waals surface area contributed by atoms with Crippen molar-refractivity contribution in [3.8, 4) is 0 Å². The maximum absolute atomic E-state index is 15.4. The van der Waals surface area contributed by atoms with Gasteiger partial charge in [0.05, 0.1) is 44.1 Å². The molecule has 502 valence electrons. The number of aliphatic hydroxyl groups excluding tert-OH is 4. The van der Waals surface area contributed by atoms with E-state index in [0.29, 0.717) is 0 Å². The van der Waals surface area contributed by atoms with Crippen molar-refractivity contribution in [2.75, 3.05) is 26.3 Å². The third kappa shape index (κ3) is 25.8. The highest BCUT2D eigenvalue weighted by molar-refractivity contribution is 6.00. The number of aliphatic hydroxyl groups is 4. The Morgan fingerprint density at radius 3 is 1.60 bits per heavy atom. The highest BCUT2D eigenvalue weighted by Gasteiger charge is 2.43. The Morgan fingerprint density at radius 1 is 0.618 bits per heavy atom. The number of rotatable bonds is 20. The smallest absolute Gasteiger partial charge is 0.245 e. The standard InChI is InChI=1S/C59H101N15O15/c1-14-30(5)40-53(86)66-35(22-19-23-63-57(61)62)48(81)69-41(31(6)15-2)54(87)71-42(32(7)77)52(85)64-26-39(78)65-37(27-75)50(83)68-38(28-76)51(84)72-43(33-20-17-16-18-21-33)44(55(88)74-45(56(89)70-40)46(79)29(3)4)73-49(82)36(25-59(11,12)13)67-47(80)34(60)24-58(8,9)10/h16-18,20-21,29-32,34-38,40-46,75-77,79H,14-15,19,22-28,60H2,1-13H3,(H,64,85)(H,65,78)(H,66,86)(H,67,80)(H,68,83)(H,69,81)(H,70,89)(H,71,87)(H,72,84)(H,73,82)(H,74,88)(H4,61,62,63)/t30-,31-,32-,34+,35+,36-,37-,38?,40-,41-,42-,43+,44-,45-,46+/m0/s1. The lowest BCUT2D eigenvalue weighted by Crippen LogP contribution is -2.65. The van der Waals surface area contributed by atoms with Gasteiger partial charge in [-0.25, -0.2) is 0 Å². The summed E-state index contributed by atoms with van der Waals surface area (Å²) in [5.41, 5.74) is 10.8. The lowest BCUT2D eigenvalue weighted by atomic mass is 9.86. The zero-order valence-corrected chi connectivity index (χ0v) is 53.6. The number of carbonyl (C=O) groups is 11. The van der Waals surface area contributed by atoms with Crippen LogP contribution in [0.2, 0.25) is 0 Å². The Hall–Kier alpha value is -7.54. The molecular weight excluding hydrogens is 1160 g/mol. The van der Waals surface area contributed by atoms with E-state index in [1.165, 1.54) is 38.1 Å². The van der Waals surface area contributed by atoms with Crippen LogP contribution in [-0.4, -0.2) is 190 Å². The Bertz CT molecular complexity index is 2580. The molecule has 2 rings (SSSR count). The molecule has 0 aliphatic carbocycles. The summed E-state index contributed by atoms with van der Waals surface area (Å²) in [5, 5.41) is 81.3. The Balaban J connectivity index is 3.09. The first-order chi connectivity index (χ1) is 41.4. The molecule has 21 N–H and O–H groups in total. The maximum atomic E-state index is 15.4. The zero-order chi connectivity index (χ0) is 67.8. The van der Waals surface area contributed by atoms with E-state index in [-0.39, 0.29) is 50.6 Å². The molecule has 0 saturated carbocycles. The molecule has 1 aromatic rings. The number of guanidine groups is 1. The second kappa shape index (κ2) is 36.2. The van der Waals surface area contributed by atoms with E-state index in [9.17, 15) is 68.4 Å². The summed E-state index contributed by atoms with van der Waals surface area (Å²) in [7, 11) is 0. The number of amides is 11. The van der Waals surface area contributed by atoms with Crippen molar-refractivity contribution in [1.82, 2.24) is 63.8 Å². The molecule has 1 aliphatic rings. The Labute approximate surface area is 521 Å². The molecule has 1 unspecified atom stereocenters. The van der Waals surface area contributed by atoms with Crippen molar-refractivity contribution < 1.29 is 73.2 Å². The molecule has 1 aliphatic heterocycles. The van der Waals surface area contributed by atoms with Crippen molar-refractivity contribution >= 4 is 70.9 Å². The van der Waals surface area contributed by atoms with Gasteiger partial charge < -0.3 is 95.7 Å². The predicted octanol–water partition coefficient (Wildman–Crippen LogP) is -3.73. The van der Waals surface area contributed by atoms with E-state index < -0.39 is 198 Å². The van der Waals surface area contributed by atoms with E-state index in [4.69, 9.17) is 16.9 Å². The number of benzene rings is 1. The minimum atomic E-state index is -2.03. The van der Waals surface area contributed by atoms with Crippen LogP contribution in [0.1, 0.15) is 140 Å². The second-order valence-electron chi connectivity index (χ2n) is 25.6. The summed E-state index contributed by atoms with van der Waals surface area (Å²) in [6.07, 6.45) is -2.83. The monoisotopic (exact) mass is 1260 g/mol. The predicted molar refractivity (Wildman–Crippen MR) is 329 cm³/mol. The van der Waals surface area contributed by atoms with E-state index in [0.717, 1.165) is 6.92 Å². The lowest BCUT2D eigenvalue weighted by Gasteiger charge is -2.35. The van der Waals surface area contributed by atoms with Crippen LogP contribution < -0.4 is 75.3 Å². The average Bonchev–Trinajstić information content (AvgIpc) is 3.60. The topological polar surface area (TPSA) is 489 Å². The van der Waals surface area contributed by atoms with Crippen LogP contribution in [0.4, 0.5) is 0 Å². The van der Waals surface area contributed by atoms with Gasteiger partial charge in [-0.3, -0.25) is 58.1 Å². The van der Waals surface area contributed by atoms with Crippen LogP contribution in [0.5, 0.6) is 0 Å². The summed E-state index contributed by atoms with van der Waals surface area (Å²) in [5.74, 6) is -14.2. The maximum Gasteiger partial charge on any atom is 0.245 e. The summed E-state index contributed by atoms with van der Waals surface area (Å²) < 4.78 is 0. The van der Waals surface area contributed by atoms with Gasteiger partial charge in [-0.05, 0) is 66.8 Å². The second-order valence-corrected chi connectivity index (χ2v) is 25.6. The third-order valence-electron chi connectivity index (χ3n) is 14.9. The molecule has 30 heteroatoms. The van der Waals surface area contributed by atoms with Gasteiger partial charge in [0.2, 0.25) is 65.0 Å². The number of nitrogens with one attached hydrogen (secondary N) is 13. The largest absolute Gasteiger partial charge is 0.394 e. The summed E-state index contributed by atoms with van der Waals surface area (Å²) in [4.78, 5) is 158. The summed E-state index contributed by atoms with van der Waals surface area (Å²) >= 11 is 0. The summed E-state index contributed by atoms with van der Waals surface area (Å²) in [6, 6.07) is -10.8. The van der Waals surface area contributed by atoms with Crippen molar-refractivity contribution in [2.45, 2.75) is 207 Å².